The van der Waals surface area contributed by atoms with Crippen LogP contribution in [0.4, 0.5) is 0 Å². The highest BCUT2D eigenvalue weighted by molar-refractivity contribution is 7.80. The molecule has 0 saturated heterocycles. The number of allylic oxidation sites excluding steroid dienone is 1. The summed E-state index contributed by atoms with van der Waals surface area (Å²) in [6, 6.07) is 0. The van der Waals surface area contributed by atoms with Crippen molar-refractivity contribution >= 4 is 29.8 Å². The summed E-state index contributed by atoms with van der Waals surface area (Å²) < 4.78 is 0. The Hall–Kier alpha value is -1.23. The van der Waals surface area contributed by atoms with Crippen LogP contribution in [0, 0.1) is 0 Å². The Balaban J connectivity index is 4.11. The average Bonchev–Trinajstić information content (AvgIpc) is 1.90. The van der Waals surface area contributed by atoms with E-state index >= 15 is 0 Å². The maximum atomic E-state index is 9.94. The molecule has 54 valence electrons. The second-order valence-electron chi connectivity index (χ2n) is 1.34. The minimum absolute atomic E-state index is 0.0211. The number of rotatable bonds is 2. The van der Waals surface area contributed by atoms with Gasteiger partial charge in [-0.05, 0) is 12.2 Å². The zero-order chi connectivity index (χ0) is 7.98. The fourth-order valence-electron chi connectivity index (χ4n) is 0.232. The van der Waals surface area contributed by atoms with E-state index in [2.05, 4.69) is 17.2 Å². The molecular formula is C5H6N2O2S. The van der Waals surface area contributed by atoms with Crippen LogP contribution in [-0.4, -0.2) is 22.7 Å². The van der Waals surface area contributed by atoms with Crippen LogP contribution < -0.4 is 5.73 Å². The lowest BCUT2D eigenvalue weighted by Crippen LogP contribution is -2.04. The highest BCUT2D eigenvalue weighted by Gasteiger charge is 1.87. The van der Waals surface area contributed by atoms with Crippen molar-refractivity contribution in [3.63, 3.8) is 0 Å². The summed E-state index contributed by atoms with van der Waals surface area (Å²) in [7, 11) is 0. The molecule has 0 amide bonds. The topological polar surface area (TPSA) is 75.7 Å². The van der Waals surface area contributed by atoms with Crippen LogP contribution in [0.25, 0.3) is 0 Å². The molecular weight excluding hydrogens is 152 g/mol. The van der Waals surface area contributed by atoms with E-state index in [9.17, 15) is 4.79 Å². The van der Waals surface area contributed by atoms with Crippen molar-refractivity contribution in [3.8, 4) is 0 Å². The highest BCUT2D eigenvalue weighted by atomic mass is 32.1. The Kier molecular flexibility index (Phi) is 4.06. The van der Waals surface area contributed by atoms with Gasteiger partial charge in [0.15, 0.2) is 11.4 Å². The van der Waals surface area contributed by atoms with E-state index in [4.69, 9.17) is 10.8 Å². The molecule has 0 rings (SSSR count). The quantitative estimate of drug-likeness (QED) is 0.194. The first-order chi connectivity index (χ1) is 4.70. The van der Waals surface area contributed by atoms with E-state index in [1.165, 1.54) is 0 Å². The minimum atomic E-state index is -0.0822. The molecule has 0 heterocycles. The maximum absolute atomic E-state index is 9.94. The van der Waals surface area contributed by atoms with E-state index in [-0.39, 0.29) is 10.7 Å². The molecule has 0 spiro atoms. The zero-order valence-electron chi connectivity index (χ0n) is 5.02. The first kappa shape index (κ1) is 8.77. The van der Waals surface area contributed by atoms with Crippen molar-refractivity contribution in [2.75, 3.05) is 0 Å². The largest absolute Gasteiger partial charge is 0.515 e. The number of carbonyl (C=O) groups excluding carboxylic acids is 1. The van der Waals surface area contributed by atoms with Crippen molar-refractivity contribution in [2.45, 2.75) is 0 Å². The normalized spacial score (nSPS) is 11.8. The number of aliphatic hydroxyl groups is 1. The Morgan fingerprint density at radius 3 is 2.60 bits per heavy atom. The molecule has 3 N–H and O–H groups in total. The Morgan fingerprint density at radius 2 is 2.30 bits per heavy atom. The van der Waals surface area contributed by atoms with Crippen molar-refractivity contribution in [1.82, 2.24) is 0 Å². The first-order valence-corrected chi connectivity index (χ1v) is 2.74. The summed E-state index contributed by atoms with van der Waals surface area (Å²) in [5.41, 5.74) is 4.98. The zero-order valence-corrected chi connectivity index (χ0v) is 5.84. The summed E-state index contributed by atoms with van der Waals surface area (Å²) >= 11 is 4.36. The van der Waals surface area contributed by atoms with Gasteiger partial charge in [0.1, 0.15) is 0 Å². The van der Waals surface area contributed by atoms with Gasteiger partial charge in [-0.3, -0.25) is 4.79 Å². The summed E-state index contributed by atoms with van der Waals surface area (Å²) in [6.45, 7) is 0. The molecule has 0 atom stereocenters. The van der Waals surface area contributed by atoms with Crippen LogP contribution in [0.1, 0.15) is 0 Å². The second kappa shape index (κ2) is 4.63. The summed E-state index contributed by atoms with van der Waals surface area (Å²) in [5, 5.41) is 8.19. The highest BCUT2D eigenvalue weighted by Crippen LogP contribution is 1.81. The van der Waals surface area contributed by atoms with Crippen LogP contribution >= 0.6 is 12.2 Å². The number of nitrogens with two attached hydrogens (primary N) is 1. The fraction of sp³-hybridized carbons (Fsp3) is 0. The van der Waals surface area contributed by atoms with Crippen LogP contribution in [0.15, 0.2) is 16.8 Å². The third kappa shape index (κ3) is 3.73. The Bertz CT molecular complexity index is 198. The number of aliphatic hydroxyl groups excluding tert-OH is 1. The summed E-state index contributed by atoms with van der Waals surface area (Å²) in [5.74, 6) is 0. The summed E-state index contributed by atoms with van der Waals surface area (Å²) in [6.07, 6.45) is 2.13. The third-order valence-corrected chi connectivity index (χ3v) is 0.731. The molecule has 0 fully saturated rings. The Labute approximate surface area is 63.1 Å². The molecule has 0 aliphatic carbocycles. The molecule has 0 unspecified atom stereocenters. The van der Waals surface area contributed by atoms with Gasteiger partial charge in [0.05, 0.1) is 11.8 Å². The SMILES string of the molecule is NC(=S)/N=C/C(C=O)=C/O. The van der Waals surface area contributed by atoms with E-state index in [1.54, 1.807) is 0 Å². The van der Waals surface area contributed by atoms with Crippen LogP contribution in [0.2, 0.25) is 0 Å². The van der Waals surface area contributed by atoms with Gasteiger partial charge in [-0.25, -0.2) is 4.99 Å². The predicted octanol–water partition coefficient (Wildman–Crippen LogP) is -0.0584. The lowest BCUT2D eigenvalue weighted by atomic mass is 10.4. The van der Waals surface area contributed by atoms with Gasteiger partial charge in [-0.1, -0.05) is 0 Å². The lowest BCUT2D eigenvalue weighted by molar-refractivity contribution is -0.104. The number of hydrogen-bond donors (Lipinski definition) is 2. The first-order valence-electron chi connectivity index (χ1n) is 2.33. The van der Waals surface area contributed by atoms with E-state index in [0.29, 0.717) is 12.5 Å². The van der Waals surface area contributed by atoms with Crippen LogP contribution in [0.3, 0.4) is 0 Å². The lowest BCUT2D eigenvalue weighted by Gasteiger charge is -1.84. The molecule has 0 aliphatic rings. The average molecular weight is 158 g/mol. The number of aldehydes is 1. The molecule has 0 aromatic heterocycles. The predicted molar refractivity (Wildman–Crippen MR) is 42.1 cm³/mol. The number of thiocarbonyl (C=S) groups is 1. The van der Waals surface area contributed by atoms with Gasteiger partial charge >= 0.3 is 0 Å². The third-order valence-electron chi connectivity index (χ3n) is 0.626. The second-order valence-corrected chi connectivity index (χ2v) is 1.76. The number of carbonyl (C=O) groups is 1. The van der Waals surface area contributed by atoms with Crippen molar-refractivity contribution in [1.29, 1.82) is 0 Å². The van der Waals surface area contributed by atoms with Gasteiger partial charge in [0, 0.05) is 6.21 Å². The molecule has 0 saturated carbocycles. The number of nitrogens with zero attached hydrogens (tertiary/aromatic N) is 1. The number of hydrogen-bond acceptors (Lipinski definition) is 3. The Morgan fingerprint density at radius 1 is 1.70 bits per heavy atom. The van der Waals surface area contributed by atoms with E-state index in [1.807, 2.05) is 0 Å². The van der Waals surface area contributed by atoms with Crippen molar-refractivity contribution in [2.24, 2.45) is 10.7 Å². The molecule has 0 radical (unpaired) electrons. The van der Waals surface area contributed by atoms with Crippen LogP contribution in [-0.2, 0) is 4.79 Å². The standard InChI is InChI=1S/C5H6N2O2S/c6-5(10)7-1-4(2-8)3-9/h1-3,8H,(H2,6,10)/b4-2-,7-1+. The van der Waals surface area contributed by atoms with Gasteiger partial charge in [0.2, 0.25) is 0 Å². The molecule has 0 bridgehead atoms. The molecule has 0 aliphatic heterocycles. The van der Waals surface area contributed by atoms with E-state index < -0.39 is 0 Å². The molecule has 4 nitrogen and oxygen atoms in total. The van der Waals surface area contributed by atoms with Gasteiger partial charge in [-0.15, -0.1) is 0 Å². The van der Waals surface area contributed by atoms with Gasteiger partial charge in [0.25, 0.3) is 0 Å². The minimum Gasteiger partial charge on any atom is -0.515 e. The molecule has 0 aromatic rings. The smallest absolute Gasteiger partial charge is 0.190 e. The van der Waals surface area contributed by atoms with Gasteiger partial charge < -0.3 is 10.8 Å². The van der Waals surface area contributed by atoms with Crippen molar-refractivity contribution in [3.05, 3.63) is 11.8 Å². The molecule has 0 aromatic carbocycles. The molecule has 10 heavy (non-hydrogen) atoms. The maximum Gasteiger partial charge on any atom is 0.190 e. The van der Waals surface area contributed by atoms with Gasteiger partial charge in [-0.2, -0.15) is 0 Å². The van der Waals surface area contributed by atoms with E-state index in [0.717, 1.165) is 6.21 Å². The van der Waals surface area contributed by atoms with Crippen LogP contribution in [0.5, 0.6) is 0 Å². The fourth-order valence-corrected chi connectivity index (χ4v) is 0.285. The monoisotopic (exact) mass is 158 g/mol. The van der Waals surface area contributed by atoms with Crippen molar-refractivity contribution < 1.29 is 9.90 Å². The summed E-state index contributed by atoms with van der Waals surface area (Å²) in [4.78, 5) is 13.3. The molecule has 5 heteroatoms. The number of aliphatic imine (C=N–C) groups is 1.